The van der Waals surface area contributed by atoms with Gasteiger partial charge in [0.1, 0.15) is 24.7 Å². The van der Waals surface area contributed by atoms with Gasteiger partial charge in [-0.05, 0) is 31.2 Å². The minimum atomic E-state index is -3.74. The smallest absolute Gasteiger partial charge is 0.243 e. The average Bonchev–Trinajstić information content (AvgIpc) is 3.21. The van der Waals surface area contributed by atoms with Crippen LogP contribution in [0, 0.1) is 6.92 Å². The number of fused-ring (bicyclic) bond motifs is 1. The average molecular weight is 403 g/mol. The first kappa shape index (κ1) is 19.0. The maximum atomic E-state index is 14.5. The minimum Gasteiger partial charge on any atom is -0.366 e. The van der Waals surface area contributed by atoms with E-state index in [2.05, 4.69) is 4.98 Å². The Bertz CT molecular complexity index is 1100. The maximum absolute atomic E-state index is 14.5. The van der Waals surface area contributed by atoms with E-state index in [0.717, 1.165) is 20.9 Å². The van der Waals surface area contributed by atoms with Gasteiger partial charge in [-0.25, -0.2) is 17.8 Å². The Morgan fingerprint density at radius 2 is 1.86 bits per heavy atom. The molecular weight excluding hydrogens is 381 g/mol. The number of halogens is 1. The van der Waals surface area contributed by atoms with Crippen molar-refractivity contribution in [2.75, 3.05) is 13.1 Å². The van der Waals surface area contributed by atoms with Gasteiger partial charge in [-0.15, -0.1) is 0 Å². The van der Waals surface area contributed by atoms with E-state index in [9.17, 15) is 12.8 Å². The number of hydrogen-bond donors (Lipinski definition) is 0. The Labute approximate surface area is 163 Å². The summed E-state index contributed by atoms with van der Waals surface area (Å²) in [4.78, 5) is 4.67. The van der Waals surface area contributed by atoms with Gasteiger partial charge >= 0.3 is 0 Å². The summed E-state index contributed by atoms with van der Waals surface area (Å²) >= 11 is 0. The third-order valence-electron chi connectivity index (χ3n) is 5.13. The molecule has 1 fully saturated rings. The summed E-state index contributed by atoms with van der Waals surface area (Å²) in [6, 6.07) is 14.2. The zero-order valence-electron chi connectivity index (χ0n) is 15.7. The number of aryl methyl sites for hydroxylation is 2. The quantitative estimate of drug-likeness (QED) is 0.657. The van der Waals surface area contributed by atoms with Crippen LogP contribution in [0.4, 0.5) is 4.39 Å². The van der Waals surface area contributed by atoms with Gasteiger partial charge in [0.15, 0.2) is 0 Å². The number of para-hydroxylation sites is 2. The highest BCUT2D eigenvalue weighted by Crippen LogP contribution is 2.26. The first-order valence-electron chi connectivity index (χ1n) is 9.09. The molecule has 1 aliphatic heterocycles. The monoisotopic (exact) mass is 403 g/mol. The molecule has 0 bridgehead atoms. The Morgan fingerprint density at radius 3 is 2.57 bits per heavy atom. The van der Waals surface area contributed by atoms with E-state index in [-0.39, 0.29) is 24.6 Å². The summed E-state index contributed by atoms with van der Waals surface area (Å²) in [5, 5.41) is 0. The Balaban J connectivity index is 1.46. The van der Waals surface area contributed by atoms with Gasteiger partial charge in [-0.3, -0.25) is 0 Å². The summed E-state index contributed by atoms with van der Waals surface area (Å²) in [5.74, 6) is 0.674. The van der Waals surface area contributed by atoms with Gasteiger partial charge in [-0.2, -0.15) is 4.31 Å². The van der Waals surface area contributed by atoms with Crippen molar-refractivity contribution in [3.05, 3.63) is 59.9 Å². The lowest BCUT2D eigenvalue weighted by atomic mass is 10.2. The van der Waals surface area contributed by atoms with Crippen molar-refractivity contribution >= 4 is 21.1 Å². The van der Waals surface area contributed by atoms with E-state index in [1.165, 1.54) is 0 Å². The van der Waals surface area contributed by atoms with Crippen LogP contribution in [-0.4, -0.2) is 47.6 Å². The lowest BCUT2D eigenvalue weighted by molar-refractivity contribution is 0.00895. The lowest BCUT2D eigenvalue weighted by Gasteiger charge is -2.16. The van der Waals surface area contributed by atoms with Crippen LogP contribution < -0.4 is 0 Å². The zero-order valence-corrected chi connectivity index (χ0v) is 16.6. The number of aromatic nitrogens is 2. The number of imidazole rings is 1. The van der Waals surface area contributed by atoms with E-state index < -0.39 is 22.3 Å². The van der Waals surface area contributed by atoms with Gasteiger partial charge in [0.2, 0.25) is 10.0 Å². The molecule has 2 heterocycles. The molecule has 148 valence electrons. The van der Waals surface area contributed by atoms with E-state index >= 15 is 0 Å². The van der Waals surface area contributed by atoms with Crippen LogP contribution in [0.1, 0.15) is 11.4 Å². The SMILES string of the molecule is Cc1ccc(S(=O)(=O)N2C[C@@H](F)[C@@H](OCc3nc4ccccc4n3C)C2)cc1. The fraction of sp³-hybridized carbons (Fsp3) is 0.350. The molecule has 8 heteroatoms. The van der Waals surface area contributed by atoms with Crippen molar-refractivity contribution in [2.24, 2.45) is 7.05 Å². The third-order valence-corrected chi connectivity index (χ3v) is 6.98. The van der Waals surface area contributed by atoms with E-state index in [4.69, 9.17) is 4.74 Å². The summed E-state index contributed by atoms with van der Waals surface area (Å²) in [7, 11) is -1.86. The first-order valence-corrected chi connectivity index (χ1v) is 10.5. The number of rotatable bonds is 5. The highest BCUT2D eigenvalue weighted by Gasteiger charge is 2.40. The zero-order chi connectivity index (χ0) is 19.9. The maximum Gasteiger partial charge on any atom is 0.243 e. The van der Waals surface area contributed by atoms with Crippen LogP contribution in [-0.2, 0) is 28.4 Å². The van der Waals surface area contributed by atoms with Gasteiger partial charge in [-0.1, -0.05) is 29.8 Å². The molecule has 3 aromatic rings. The molecule has 2 aromatic carbocycles. The Hall–Kier alpha value is -2.29. The summed E-state index contributed by atoms with van der Waals surface area (Å²) < 4.78 is 48.8. The van der Waals surface area contributed by atoms with Crippen molar-refractivity contribution in [1.29, 1.82) is 0 Å². The molecule has 0 aliphatic carbocycles. The molecule has 1 saturated heterocycles. The fourth-order valence-electron chi connectivity index (χ4n) is 3.42. The number of sulfonamides is 1. The molecule has 0 amide bonds. The molecule has 2 atom stereocenters. The van der Waals surface area contributed by atoms with Crippen molar-refractivity contribution in [3.63, 3.8) is 0 Å². The number of alkyl halides is 1. The van der Waals surface area contributed by atoms with Crippen LogP contribution in [0.25, 0.3) is 11.0 Å². The van der Waals surface area contributed by atoms with Crippen LogP contribution in [0.15, 0.2) is 53.4 Å². The van der Waals surface area contributed by atoms with Gasteiger partial charge in [0, 0.05) is 20.1 Å². The van der Waals surface area contributed by atoms with Crippen molar-refractivity contribution in [3.8, 4) is 0 Å². The summed E-state index contributed by atoms with van der Waals surface area (Å²) in [6.07, 6.45) is -2.20. The molecule has 0 N–H and O–H groups in total. The van der Waals surface area contributed by atoms with Crippen LogP contribution in [0.2, 0.25) is 0 Å². The number of ether oxygens (including phenoxy) is 1. The molecule has 28 heavy (non-hydrogen) atoms. The number of nitrogens with zero attached hydrogens (tertiary/aromatic N) is 3. The lowest BCUT2D eigenvalue weighted by Crippen LogP contribution is -2.30. The molecule has 6 nitrogen and oxygen atoms in total. The Morgan fingerprint density at radius 1 is 1.14 bits per heavy atom. The second-order valence-electron chi connectivity index (χ2n) is 7.08. The number of benzene rings is 2. The molecule has 0 unspecified atom stereocenters. The van der Waals surface area contributed by atoms with E-state index in [1.54, 1.807) is 24.3 Å². The highest BCUT2D eigenvalue weighted by molar-refractivity contribution is 7.89. The summed E-state index contributed by atoms with van der Waals surface area (Å²) in [6.45, 7) is 1.79. The molecule has 0 saturated carbocycles. The van der Waals surface area contributed by atoms with Crippen molar-refractivity contribution < 1.29 is 17.5 Å². The largest absolute Gasteiger partial charge is 0.366 e. The fourth-order valence-corrected chi connectivity index (χ4v) is 4.88. The molecule has 4 rings (SSSR count). The van der Waals surface area contributed by atoms with Crippen LogP contribution >= 0.6 is 0 Å². The third kappa shape index (κ3) is 3.43. The highest BCUT2D eigenvalue weighted by atomic mass is 32.2. The van der Waals surface area contributed by atoms with E-state index in [1.807, 2.05) is 42.8 Å². The first-order chi connectivity index (χ1) is 13.4. The molecule has 0 spiro atoms. The summed E-state index contributed by atoms with van der Waals surface area (Å²) in [5.41, 5.74) is 2.77. The van der Waals surface area contributed by atoms with Crippen LogP contribution in [0.3, 0.4) is 0 Å². The minimum absolute atomic E-state index is 0.0126. The Kier molecular flexibility index (Phi) is 4.95. The topological polar surface area (TPSA) is 64.4 Å². The normalized spacial score (nSPS) is 20.8. The second-order valence-corrected chi connectivity index (χ2v) is 9.01. The molecular formula is C20H22FN3O3S. The molecule has 1 aliphatic rings. The van der Waals surface area contributed by atoms with Crippen molar-refractivity contribution in [1.82, 2.24) is 13.9 Å². The molecule has 0 radical (unpaired) electrons. The van der Waals surface area contributed by atoms with Gasteiger partial charge in [0.05, 0.1) is 15.9 Å². The van der Waals surface area contributed by atoms with Crippen LogP contribution in [0.5, 0.6) is 0 Å². The van der Waals surface area contributed by atoms with E-state index in [0.29, 0.717) is 5.82 Å². The van der Waals surface area contributed by atoms with Crippen molar-refractivity contribution in [2.45, 2.75) is 30.7 Å². The predicted molar refractivity (Wildman–Crippen MR) is 104 cm³/mol. The predicted octanol–water partition coefficient (Wildman–Crippen LogP) is 2.81. The standard InChI is InChI=1S/C20H22FN3O3S/c1-14-7-9-15(10-8-14)28(25,26)24-11-16(21)19(12-24)27-13-20-22-17-5-3-4-6-18(17)23(20)2/h3-10,16,19H,11-13H2,1-2H3/t16-,19+/m1/s1. The van der Waals surface area contributed by atoms with Gasteiger partial charge in [0.25, 0.3) is 0 Å². The second kappa shape index (κ2) is 7.27. The molecule has 1 aromatic heterocycles. The van der Waals surface area contributed by atoms with Gasteiger partial charge < -0.3 is 9.30 Å². The number of hydrogen-bond acceptors (Lipinski definition) is 4.